The van der Waals surface area contributed by atoms with Gasteiger partial charge in [-0.15, -0.1) is 6.58 Å². The van der Waals surface area contributed by atoms with Gasteiger partial charge in [0.15, 0.2) is 0 Å². The lowest BCUT2D eigenvalue weighted by atomic mass is 9.89. The van der Waals surface area contributed by atoms with E-state index in [0.717, 1.165) is 19.3 Å². The first kappa shape index (κ1) is 10.7. The van der Waals surface area contributed by atoms with Crippen LogP contribution in [0.15, 0.2) is 12.7 Å². The summed E-state index contributed by atoms with van der Waals surface area (Å²) in [4.78, 5) is 0. The second-order valence-corrected chi connectivity index (χ2v) is 3.19. The Morgan fingerprint density at radius 3 is 2.09 bits per heavy atom. The minimum absolute atomic E-state index is 0.337. The highest BCUT2D eigenvalue weighted by atomic mass is 19.1. The molecule has 11 heavy (non-hydrogen) atoms. The molecule has 1 heteroatoms. The van der Waals surface area contributed by atoms with E-state index in [-0.39, 0.29) is 0 Å². The van der Waals surface area contributed by atoms with Crippen LogP contribution in [-0.4, -0.2) is 6.17 Å². The molecule has 0 saturated heterocycles. The highest BCUT2D eigenvalue weighted by molar-refractivity contribution is 4.70. The van der Waals surface area contributed by atoms with Crippen molar-refractivity contribution >= 4 is 0 Å². The van der Waals surface area contributed by atoms with E-state index in [2.05, 4.69) is 6.58 Å². The van der Waals surface area contributed by atoms with E-state index in [4.69, 9.17) is 0 Å². The summed E-state index contributed by atoms with van der Waals surface area (Å²) in [5.74, 6) is 0.337. The summed E-state index contributed by atoms with van der Waals surface area (Å²) >= 11 is 0. The van der Waals surface area contributed by atoms with Gasteiger partial charge in [0.05, 0.1) is 0 Å². The number of alkyl halides is 1. The van der Waals surface area contributed by atoms with Gasteiger partial charge in [-0.2, -0.15) is 0 Å². The second kappa shape index (κ2) is 6.38. The third kappa shape index (κ3) is 5.00. The summed E-state index contributed by atoms with van der Waals surface area (Å²) < 4.78 is 12.6. The summed E-state index contributed by atoms with van der Waals surface area (Å²) in [7, 11) is 0. The van der Waals surface area contributed by atoms with E-state index in [1.165, 1.54) is 6.42 Å². The standard InChI is InChI=1S/C7H13F.C3H6/c1-6-4-2-3-5-7(6)8;1-3-2/h6-7H,2-5H2,1H3;3H,1H2,2H3/t6-,7+;/m1./s1. The fraction of sp³-hybridized carbons (Fsp3) is 0.800. The Morgan fingerprint density at radius 1 is 1.36 bits per heavy atom. The molecule has 0 aliphatic heterocycles. The van der Waals surface area contributed by atoms with Crippen molar-refractivity contribution in [2.45, 2.75) is 45.7 Å². The van der Waals surface area contributed by atoms with E-state index in [0.29, 0.717) is 5.92 Å². The van der Waals surface area contributed by atoms with Crippen LogP contribution in [0.25, 0.3) is 0 Å². The zero-order valence-corrected chi connectivity index (χ0v) is 7.65. The highest BCUT2D eigenvalue weighted by Gasteiger charge is 2.19. The van der Waals surface area contributed by atoms with Gasteiger partial charge in [0.1, 0.15) is 6.17 Å². The van der Waals surface area contributed by atoms with Crippen LogP contribution < -0.4 is 0 Å². The summed E-state index contributed by atoms with van der Waals surface area (Å²) in [6.45, 7) is 7.25. The normalized spacial score (nSPS) is 30.1. The molecule has 2 atom stereocenters. The smallest absolute Gasteiger partial charge is 0.103 e. The Hall–Kier alpha value is -0.330. The van der Waals surface area contributed by atoms with Gasteiger partial charge in [0, 0.05) is 0 Å². The van der Waals surface area contributed by atoms with Crippen molar-refractivity contribution in [3.63, 3.8) is 0 Å². The summed E-state index contributed by atoms with van der Waals surface area (Å²) in [5, 5.41) is 0. The SMILES string of the molecule is C=CC.C[C@@H]1CCCC[C@@H]1F. The third-order valence-corrected chi connectivity index (χ3v) is 2.01. The highest BCUT2D eigenvalue weighted by Crippen LogP contribution is 2.25. The van der Waals surface area contributed by atoms with Gasteiger partial charge in [-0.25, -0.2) is 4.39 Å². The molecule has 0 spiro atoms. The maximum absolute atomic E-state index is 12.6. The number of allylic oxidation sites excluding steroid dienone is 1. The molecule has 1 aliphatic rings. The Morgan fingerprint density at radius 2 is 1.82 bits per heavy atom. The van der Waals surface area contributed by atoms with Gasteiger partial charge in [0.2, 0.25) is 0 Å². The molecular formula is C10H19F. The van der Waals surface area contributed by atoms with Gasteiger partial charge in [0.25, 0.3) is 0 Å². The van der Waals surface area contributed by atoms with Gasteiger partial charge >= 0.3 is 0 Å². The van der Waals surface area contributed by atoms with Crippen LogP contribution in [-0.2, 0) is 0 Å². The van der Waals surface area contributed by atoms with Crippen molar-refractivity contribution in [2.75, 3.05) is 0 Å². The average Bonchev–Trinajstić information content (AvgIpc) is 1.97. The molecule has 66 valence electrons. The lowest BCUT2D eigenvalue weighted by Crippen LogP contribution is -2.16. The fourth-order valence-corrected chi connectivity index (χ4v) is 1.27. The van der Waals surface area contributed by atoms with E-state index in [9.17, 15) is 4.39 Å². The molecule has 0 aromatic heterocycles. The number of hydrogen-bond acceptors (Lipinski definition) is 0. The van der Waals surface area contributed by atoms with Crippen LogP contribution in [0.1, 0.15) is 39.5 Å². The van der Waals surface area contributed by atoms with Crippen molar-refractivity contribution in [1.29, 1.82) is 0 Å². The Kier molecular flexibility index (Phi) is 6.19. The predicted octanol–water partition coefficient (Wildman–Crippen LogP) is 3.73. The molecule has 0 amide bonds. The third-order valence-electron chi connectivity index (χ3n) is 2.01. The molecule has 0 N–H and O–H groups in total. The molecule has 1 fully saturated rings. The Bertz CT molecular complexity index is 89.0. The molecule has 0 aromatic carbocycles. The van der Waals surface area contributed by atoms with Crippen LogP contribution in [0, 0.1) is 5.92 Å². The topological polar surface area (TPSA) is 0 Å². The zero-order valence-electron chi connectivity index (χ0n) is 7.65. The van der Waals surface area contributed by atoms with Gasteiger partial charge in [-0.1, -0.05) is 25.8 Å². The summed E-state index contributed by atoms with van der Waals surface area (Å²) in [5.41, 5.74) is 0. The number of hydrogen-bond donors (Lipinski definition) is 0. The molecule has 0 aromatic rings. The van der Waals surface area contributed by atoms with Crippen molar-refractivity contribution in [3.05, 3.63) is 12.7 Å². The van der Waals surface area contributed by atoms with Gasteiger partial charge in [-0.05, 0) is 25.7 Å². The maximum Gasteiger partial charge on any atom is 0.103 e. The first-order chi connectivity index (χ1) is 5.22. The van der Waals surface area contributed by atoms with Gasteiger partial charge < -0.3 is 0 Å². The van der Waals surface area contributed by atoms with E-state index >= 15 is 0 Å². The van der Waals surface area contributed by atoms with Crippen molar-refractivity contribution in [1.82, 2.24) is 0 Å². The van der Waals surface area contributed by atoms with Crippen LogP contribution in [0.5, 0.6) is 0 Å². The zero-order chi connectivity index (χ0) is 8.69. The van der Waals surface area contributed by atoms with E-state index in [1.54, 1.807) is 6.08 Å². The average molecular weight is 158 g/mol. The molecule has 1 rings (SSSR count). The Labute approximate surface area is 69.5 Å². The molecule has 0 unspecified atom stereocenters. The van der Waals surface area contributed by atoms with E-state index < -0.39 is 6.17 Å². The van der Waals surface area contributed by atoms with Gasteiger partial charge in [-0.3, -0.25) is 0 Å². The molecule has 0 bridgehead atoms. The number of rotatable bonds is 0. The molecule has 0 nitrogen and oxygen atoms in total. The van der Waals surface area contributed by atoms with E-state index in [1.807, 2.05) is 13.8 Å². The quantitative estimate of drug-likeness (QED) is 0.471. The van der Waals surface area contributed by atoms with Crippen LogP contribution in [0.3, 0.4) is 0 Å². The predicted molar refractivity (Wildman–Crippen MR) is 48.4 cm³/mol. The van der Waals surface area contributed by atoms with Crippen LogP contribution >= 0.6 is 0 Å². The molecule has 0 heterocycles. The summed E-state index contributed by atoms with van der Waals surface area (Å²) in [6.07, 6.45) is 5.50. The summed E-state index contributed by atoms with van der Waals surface area (Å²) in [6, 6.07) is 0. The fourth-order valence-electron chi connectivity index (χ4n) is 1.27. The minimum atomic E-state index is -0.497. The van der Waals surface area contributed by atoms with Crippen molar-refractivity contribution in [3.8, 4) is 0 Å². The largest absolute Gasteiger partial charge is 0.247 e. The molecule has 0 radical (unpaired) electrons. The first-order valence-corrected chi connectivity index (χ1v) is 4.43. The molecule has 1 saturated carbocycles. The first-order valence-electron chi connectivity index (χ1n) is 4.43. The minimum Gasteiger partial charge on any atom is -0.247 e. The molecule has 1 aliphatic carbocycles. The maximum atomic E-state index is 12.6. The molecular weight excluding hydrogens is 139 g/mol. The lowest BCUT2D eigenvalue weighted by molar-refractivity contribution is 0.179. The lowest BCUT2D eigenvalue weighted by Gasteiger charge is -2.21. The van der Waals surface area contributed by atoms with Crippen molar-refractivity contribution in [2.24, 2.45) is 5.92 Å². The monoisotopic (exact) mass is 158 g/mol. The van der Waals surface area contributed by atoms with Crippen molar-refractivity contribution < 1.29 is 4.39 Å². The van der Waals surface area contributed by atoms with Crippen LogP contribution in [0.4, 0.5) is 4.39 Å². The second-order valence-electron chi connectivity index (χ2n) is 3.19. The van der Waals surface area contributed by atoms with Crippen LogP contribution in [0.2, 0.25) is 0 Å². The Balaban J connectivity index is 0.000000292. The number of halogens is 1.